The lowest BCUT2D eigenvalue weighted by atomic mass is 10.1. The number of aryl methyl sites for hydroxylation is 1. The first-order valence-corrected chi connectivity index (χ1v) is 6.69. The van der Waals surface area contributed by atoms with E-state index in [2.05, 4.69) is 5.32 Å². The summed E-state index contributed by atoms with van der Waals surface area (Å²) in [5.74, 6) is 0.0212. The molecule has 0 radical (unpaired) electrons. The van der Waals surface area contributed by atoms with Gasteiger partial charge in [0.05, 0.1) is 6.61 Å². The highest BCUT2D eigenvalue weighted by molar-refractivity contribution is 5.91. The Morgan fingerprint density at radius 1 is 1.53 bits per heavy atom. The zero-order valence-electron chi connectivity index (χ0n) is 11.3. The number of nitrogen functional groups attached to an aromatic ring is 1. The summed E-state index contributed by atoms with van der Waals surface area (Å²) < 4.78 is 0. The molecule has 1 aliphatic heterocycles. The second-order valence-corrected chi connectivity index (χ2v) is 4.84. The fourth-order valence-corrected chi connectivity index (χ4v) is 2.08. The number of anilines is 2. The van der Waals surface area contributed by atoms with E-state index < -0.39 is 0 Å². The van der Waals surface area contributed by atoms with E-state index in [4.69, 9.17) is 10.6 Å². The Bertz CT molecular complexity index is 442. The highest BCUT2D eigenvalue weighted by atomic mass is 16.7. The van der Waals surface area contributed by atoms with Gasteiger partial charge in [-0.15, -0.1) is 0 Å². The lowest BCUT2D eigenvalue weighted by Crippen LogP contribution is -2.21. The van der Waals surface area contributed by atoms with Gasteiger partial charge in [0.1, 0.15) is 0 Å². The van der Waals surface area contributed by atoms with Crippen molar-refractivity contribution in [2.45, 2.75) is 26.2 Å². The monoisotopic (exact) mass is 263 g/mol. The van der Waals surface area contributed by atoms with Crippen molar-refractivity contribution >= 4 is 17.3 Å². The molecule has 0 bridgehead atoms. The lowest BCUT2D eigenvalue weighted by molar-refractivity contribution is -0.120. The smallest absolute Gasteiger partial charge is 0.224 e. The van der Waals surface area contributed by atoms with E-state index in [1.807, 2.05) is 24.1 Å². The maximum atomic E-state index is 11.8. The minimum Gasteiger partial charge on any atom is -0.399 e. The molecular weight excluding hydrogens is 242 g/mol. The average Bonchev–Trinajstić information content (AvgIpc) is 2.87. The third-order valence-electron chi connectivity index (χ3n) is 3.17. The number of carbonyl (C=O) groups is 1. The van der Waals surface area contributed by atoms with Crippen molar-refractivity contribution in [1.29, 1.82) is 0 Å². The molecule has 0 aromatic heterocycles. The van der Waals surface area contributed by atoms with Crippen LogP contribution in [0.3, 0.4) is 0 Å². The number of carbonyl (C=O) groups excluding carboxylic acids is 1. The van der Waals surface area contributed by atoms with Gasteiger partial charge in [0.2, 0.25) is 5.91 Å². The van der Waals surface area contributed by atoms with E-state index in [1.165, 1.54) is 0 Å². The van der Waals surface area contributed by atoms with Gasteiger partial charge in [-0.3, -0.25) is 9.63 Å². The molecule has 0 spiro atoms. The van der Waals surface area contributed by atoms with Crippen molar-refractivity contribution in [3.05, 3.63) is 23.8 Å². The second kappa shape index (κ2) is 6.54. The summed E-state index contributed by atoms with van der Waals surface area (Å²) in [6, 6.07) is 5.52. The van der Waals surface area contributed by atoms with E-state index in [-0.39, 0.29) is 5.91 Å². The zero-order valence-corrected chi connectivity index (χ0v) is 11.3. The molecule has 1 aliphatic rings. The molecule has 0 saturated carbocycles. The van der Waals surface area contributed by atoms with Gasteiger partial charge in [0, 0.05) is 30.9 Å². The molecule has 1 heterocycles. The number of nitrogens with two attached hydrogens (primary N) is 1. The van der Waals surface area contributed by atoms with Crippen LogP contribution in [-0.4, -0.2) is 30.7 Å². The van der Waals surface area contributed by atoms with Crippen molar-refractivity contribution in [1.82, 2.24) is 5.06 Å². The molecule has 1 aromatic rings. The van der Waals surface area contributed by atoms with Gasteiger partial charge < -0.3 is 11.1 Å². The summed E-state index contributed by atoms with van der Waals surface area (Å²) in [5, 5.41) is 4.83. The van der Waals surface area contributed by atoms with Crippen LogP contribution in [0.1, 0.15) is 24.8 Å². The van der Waals surface area contributed by atoms with Crippen LogP contribution in [-0.2, 0) is 9.63 Å². The largest absolute Gasteiger partial charge is 0.399 e. The minimum absolute atomic E-state index is 0.0212. The van der Waals surface area contributed by atoms with Crippen LogP contribution in [0, 0.1) is 6.92 Å². The molecule has 2 rings (SSSR count). The molecule has 5 nitrogen and oxygen atoms in total. The summed E-state index contributed by atoms with van der Waals surface area (Å²) in [6.45, 7) is 4.53. The van der Waals surface area contributed by atoms with Crippen LogP contribution in [0.15, 0.2) is 18.2 Å². The molecule has 1 aromatic carbocycles. The predicted molar refractivity (Wildman–Crippen MR) is 75.6 cm³/mol. The molecule has 3 N–H and O–H groups in total. The van der Waals surface area contributed by atoms with Crippen molar-refractivity contribution in [2.24, 2.45) is 0 Å². The Labute approximate surface area is 113 Å². The quantitative estimate of drug-likeness (QED) is 0.797. The maximum absolute atomic E-state index is 11.8. The fraction of sp³-hybridized carbons (Fsp3) is 0.500. The summed E-state index contributed by atoms with van der Waals surface area (Å²) in [4.78, 5) is 17.2. The van der Waals surface area contributed by atoms with Gasteiger partial charge >= 0.3 is 0 Å². The summed E-state index contributed by atoms with van der Waals surface area (Å²) in [6.07, 6.45) is 2.37. The zero-order chi connectivity index (χ0) is 13.7. The molecule has 1 amide bonds. The Balaban J connectivity index is 1.75. The normalized spacial score (nSPS) is 15.6. The van der Waals surface area contributed by atoms with E-state index >= 15 is 0 Å². The average molecular weight is 263 g/mol. The van der Waals surface area contributed by atoms with Crippen LogP contribution in [0.4, 0.5) is 11.4 Å². The maximum Gasteiger partial charge on any atom is 0.224 e. The van der Waals surface area contributed by atoms with E-state index in [9.17, 15) is 4.79 Å². The number of benzene rings is 1. The molecule has 0 aliphatic carbocycles. The first kappa shape index (κ1) is 13.8. The van der Waals surface area contributed by atoms with Gasteiger partial charge in [0.15, 0.2) is 0 Å². The van der Waals surface area contributed by atoms with Gasteiger partial charge in [-0.2, -0.15) is 5.06 Å². The van der Waals surface area contributed by atoms with Gasteiger partial charge in [-0.25, -0.2) is 0 Å². The fourth-order valence-electron chi connectivity index (χ4n) is 2.08. The van der Waals surface area contributed by atoms with E-state index in [0.717, 1.165) is 43.8 Å². The van der Waals surface area contributed by atoms with Crippen molar-refractivity contribution in [3.8, 4) is 0 Å². The van der Waals surface area contributed by atoms with Crippen LogP contribution in [0.2, 0.25) is 0 Å². The molecule has 0 unspecified atom stereocenters. The van der Waals surface area contributed by atoms with Crippen molar-refractivity contribution < 1.29 is 9.63 Å². The number of hydrogen-bond acceptors (Lipinski definition) is 4. The number of rotatable bonds is 5. The summed E-state index contributed by atoms with van der Waals surface area (Å²) in [7, 11) is 0. The minimum atomic E-state index is 0.0212. The second-order valence-electron chi connectivity index (χ2n) is 4.84. The van der Waals surface area contributed by atoms with Crippen molar-refractivity contribution in [2.75, 3.05) is 30.7 Å². The number of hydrogen-bond donors (Lipinski definition) is 2. The Morgan fingerprint density at radius 2 is 2.37 bits per heavy atom. The molecule has 0 atom stereocenters. The van der Waals surface area contributed by atoms with Crippen molar-refractivity contribution in [3.63, 3.8) is 0 Å². The summed E-state index contributed by atoms with van der Waals surface area (Å²) >= 11 is 0. The third kappa shape index (κ3) is 4.22. The third-order valence-corrected chi connectivity index (χ3v) is 3.17. The standard InChI is InChI=1S/C14H21N3O2/c1-11-5-6-12(15)10-13(11)16-14(18)4-2-7-17-8-3-9-19-17/h5-6,10H,2-4,7-9,15H2,1H3,(H,16,18). The molecular formula is C14H21N3O2. The first-order chi connectivity index (χ1) is 9.15. The van der Waals surface area contributed by atoms with Crippen LogP contribution < -0.4 is 11.1 Å². The molecule has 1 saturated heterocycles. The van der Waals surface area contributed by atoms with Crippen LogP contribution >= 0.6 is 0 Å². The highest BCUT2D eigenvalue weighted by Crippen LogP contribution is 2.18. The molecule has 19 heavy (non-hydrogen) atoms. The van der Waals surface area contributed by atoms with E-state index in [0.29, 0.717) is 12.1 Å². The number of amides is 1. The van der Waals surface area contributed by atoms with Crippen LogP contribution in [0.25, 0.3) is 0 Å². The summed E-state index contributed by atoms with van der Waals surface area (Å²) in [5.41, 5.74) is 8.18. The Morgan fingerprint density at radius 3 is 3.11 bits per heavy atom. The SMILES string of the molecule is Cc1ccc(N)cc1NC(=O)CCCN1CCCO1. The molecule has 104 valence electrons. The number of nitrogens with zero attached hydrogens (tertiary/aromatic N) is 1. The van der Waals surface area contributed by atoms with Crippen LogP contribution in [0.5, 0.6) is 0 Å². The molecule has 1 fully saturated rings. The number of hydroxylamine groups is 2. The highest BCUT2D eigenvalue weighted by Gasteiger charge is 2.12. The Hall–Kier alpha value is -1.59. The number of nitrogens with one attached hydrogen (secondary N) is 1. The Kier molecular flexibility index (Phi) is 4.76. The lowest BCUT2D eigenvalue weighted by Gasteiger charge is -2.13. The topological polar surface area (TPSA) is 67.6 Å². The van der Waals surface area contributed by atoms with Gasteiger partial charge in [0.25, 0.3) is 0 Å². The van der Waals surface area contributed by atoms with Gasteiger partial charge in [-0.1, -0.05) is 6.07 Å². The first-order valence-electron chi connectivity index (χ1n) is 6.69. The van der Waals surface area contributed by atoms with E-state index in [1.54, 1.807) is 6.07 Å². The predicted octanol–water partition coefficient (Wildman–Crippen LogP) is 1.93. The molecule has 5 heteroatoms. The van der Waals surface area contributed by atoms with Gasteiger partial charge in [-0.05, 0) is 37.5 Å².